The number of nitrogens with zero attached hydrogens (tertiary/aromatic N) is 4. The summed E-state index contributed by atoms with van der Waals surface area (Å²) in [6.45, 7) is 0. The van der Waals surface area contributed by atoms with Gasteiger partial charge in [0.05, 0.1) is 22.1 Å². The Morgan fingerprint density at radius 2 is 0.350 bits per heavy atom. The van der Waals surface area contributed by atoms with Gasteiger partial charge in [0.25, 0.3) is 0 Å². The van der Waals surface area contributed by atoms with Crippen molar-refractivity contribution in [3.8, 4) is 78.1 Å². The fourth-order valence-electron chi connectivity index (χ4n) is 14.3. The summed E-state index contributed by atoms with van der Waals surface area (Å²) >= 11 is 0. The standard InChI is InChI=1S/2C48H34N2/c1-3-13-35(14-4-1)37-25-29-41(30-26-37)49(43-19-11-17-39(33-43)36-15-5-2-6-16-36)42-31-27-38(28-32-42)40-18-12-20-44(34-40)50-47-23-9-7-21-45(47)46-22-8-10-24-48(46)50;1-3-12-35(13-4-1)37-22-28-41(29-23-37)49(42-30-24-38(25-31-42)36-14-5-2-6-15-36)43-32-26-39(27-33-43)40-16-11-17-44(34-40)50-47-20-9-7-18-45(47)46-19-8-10-21-48(46)50/h2*1-34H. The first-order valence-electron chi connectivity index (χ1n) is 34.2. The highest BCUT2D eigenvalue weighted by atomic mass is 15.1. The number of anilines is 6. The molecule has 0 amide bonds. The van der Waals surface area contributed by atoms with E-state index in [1.165, 1.54) is 110 Å². The topological polar surface area (TPSA) is 16.3 Å². The molecule has 0 N–H and O–H groups in total. The Morgan fingerprint density at radius 1 is 0.140 bits per heavy atom. The van der Waals surface area contributed by atoms with E-state index in [2.05, 4.69) is 431 Å². The molecule has 0 bridgehead atoms. The van der Waals surface area contributed by atoms with E-state index in [1.807, 2.05) is 0 Å². The van der Waals surface area contributed by atoms with Crippen LogP contribution in [0, 0.1) is 0 Å². The largest absolute Gasteiger partial charge is 0.311 e. The predicted octanol–water partition coefficient (Wildman–Crippen LogP) is 26.5. The molecule has 18 rings (SSSR count). The first-order valence-corrected chi connectivity index (χ1v) is 34.2. The highest BCUT2D eigenvalue weighted by Crippen LogP contribution is 2.42. The van der Waals surface area contributed by atoms with Gasteiger partial charge in [0.1, 0.15) is 0 Å². The van der Waals surface area contributed by atoms with Crippen LogP contribution in [0.5, 0.6) is 0 Å². The van der Waals surface area contributed by atoms with Crippen LogP contribution in [-0.2, 0) is 0 Å². The van der Waals surface area contributed by atoms with Crippen LogP contribution in [0.1, 0.15) is 0 Å². The van der Waals surface area contributed by atoms with Crippen LogP contribution >= 0.6 is 0 Å². The average Bonchev–Trinajstić information content (AvgIpc) is 1.59. The molecule has 2 heterocycles. The van der Waals surface area contributed by atoms with Gasteiger partial charge in [-0.05, 0) is 188 Å². The molecular weight excluding hydrogens is 1210 g/mol. The van der Waals surface area contributed by atoms with Gasteiger partial charge in [-0.1, -0.05) is 291 Å². The number of rotatable bonds is 14. The number of fused-ring (bicyclic) bond motifs is 6. The monoisotopic (exact) mass is 1280 g/mol. The van der Waals surface area contributed by atoms with E-state index in [4.69, 9.17) is 0 Å². The second-order valence-electron chi connectivity index (χ2n) is 25.3. The molecule has 472 valence electrons. The zero-order chi connectivity index (χ0) is 66.6. The molecule has 4 heteroatoms. The summed E-state index contributed by atoms with van der Waals surface area (Å²) < 4.78 is 4.76. The SMILES string of the molecule is c1ccc(-c2ccc(N(c3ccc(-c4cccc(-n5c6ccccc6c6ccccc65)c4)cc3)c3cccc(-c4ccccc4)c3)cc2)cc1.c1ccc(-c2ccc(N(c3ccc(-c4ccccc4)cc3)c3ccc(-c4cccc(-n5c6ccccc6c6ccccc65)c4)cc3)cc2)cc1. The molecule has 0 atom stereocenters. The summed E-state index contributed by atoms with van der Waals surface area (Å²) in [6.07, 6.45) is 0. The van der Waals surface area contributed by atoms with Gasteiger partial charge >= 0.3 is 0 Å². The Labute approximate surface area is 583 Å². The van der Waals surface area contributed by atoms with Gasteiger partial charge in [0.15, 0.2) is 0 Å². The quantitative estimate of drug-likeness (QED) is 0.108. The average molecular weight is 1280 g/mol. The molecule has 0 saturated carbocycles. The Balaban J connectivity index is 0.000000150. The third kappa shape index (κ3) is 12.0. The van der Waals surface area contributed by atoms with E-state index in [0.29, 0.717) is 0 Å². The number of hydrogen-bond donors (Lipinski definition) is 0. The Hall–Kier alpha value is -13.3. The zero-order valence-electron chi connectivity index (χ0n) is 55.0. The van der Waals surface area contributed by atoms with Crippen LogP contribution in [0.2, 0.25) is 0 Å². The van der Waals surface area contributed by atoms with Gasteiger partial charge in [0.2, 0.25) is 0 Å². The molecular formula is C96H68N4. The first-order chi connectivity index (χ1) is 49.6. The molecule has 2 aromatic heterocycles. The maximum absolute atomic E-state index is 2.38. The molecule has 0 unspecified atom stereocenters. The Kier molecular flexibility index (Phi) is 16.4. The van der Waals surface area contributed by atoms with E-state index in [1.54, 1.807) is 0 Å². The number of hydrogen-bond acceptors (Lipinski definition) is 2. The number of aromatic nitrogens is 2. The second-order valence-corrected chi connectivity index (χ2v) is 25.3. The highest BCUT2D eigenvalue weighted by Gasteiger charge is 2.19. The minimum Gasteiger partial charge on any atom is -0.311 e. The summed E-state index contributed by atoms with van der Waals surface area (Å²) in [7, 11) is 0. The van der Waals surface area contributed by atoms with Crippen molar-refractivity contribution in [2.45, 2.75) is 0 Å². The Bertz CT molecular complexity index is 5660. The maximum atomic E-state index is 2.38. The van der Waals surface area contributed by atoms with Crippen LogP contribution in [0.15, 0.2) is 413 Å². The minimum absolute atomic E-state index is 1.10. The molecule has 0 spiro atoms. The zero-order valence-corrected chi connectivity index (χ0v) is 55.0. The number of benzene rings is 16. The maximum Gasteiger partial charge on any atom is 0.0541 e. The van der Waals surface area contributed by atoms with Crippen molar-refractivity contribution in [2.75, 3.05) is 9.80 Å². The van der Waals surface area contributed by atoms with Crippen molar-refractivity contribution in [2.24, 2.45) is 0 Å². The van der Waals surface area contributed by atoms with Crippen molar-refractivity contribution in [3.05, 3.63) is 413 Å². The van der Waals surface area contributed by atoms with Crippen molar-refractivity contribution in [1.82, 2.24) is 9.13 Å². The fraction of sp³-hybridized carbons (Fsp3) is 0. The van der Waals surface area contributed by atoms with Gasteiger partial charge in [-0.2, -0.15) is 0 Å². The lowest BCUT2D eigenvalue weighted by molar-refractivity contribution is 1.18. The smallest absolute Gasteiger partial charge is 0.0541 e. The summed E-state index contributed by atoms with van der Waals surface area (Å²) in [5, 5.41) is 5.08. The summed E-state index contributed by atoms with van der Waals surface area (Å²) in [6, 6.07) is 148. The van der Waals surface area contributed by atoms with E-state index < -0.39 is 0 Å². The normalized spacial score (nSPS) is 11.2. The highest BCUT2D eigenvalue weighted by molar-refractivity contribution is 6.10. The fourth-order valence-corrected chi connectivity index (χ4v) is 14.3. The molecule has 0 fully saturated rings. The third-order valence-corrected chi connectivity index (χ3v) is 19.2. The molecule has 16 aromatic carbocycles. The van der Waals surface area contributed by atoms with Crippen molar-refractivity contribution in [1.29, 1.82) is 0 Å². The second kappa shape index (κ2) is 27.1. The van der Waals surface area contributed by atoms with Gasteiger partial charge in [0, 0.05) is 67.0 Å². The van der Waals surface area contributed by atoms with E-state index in [0.717, 1.165) is 45.5 Å². The van der Waals surface area contributed by atoms with Crippen LogP contribution < -0.4 is 9.80 Å². The summed E-state index contributed by atoms with van der Waals surface area (Å²) in [5.74, 6) is 0. The van der Waals surface area contributed by atoms with Gasteiger partial charge in [-0.3, -0.25) is 0 Å². The molecule has 0 aliphatic heterocycles. The molecule has 100 heavy (non-hydrogen) atoms. The lowest BCUT2D eigenvalue weighted by Crippen LogP contribution is -2.10. The van der Waals surface area contributed by atoms with E-state index in [-0.39, 0.29) is 0 Å². The molecule has 0 aliphatic rings. The molecule has 0 radical (unpaired) electrons. The number of para-hydroxylation sites is 4. The Morgan fingerprint density at radius 3 is 0.650 bits per heavy atom. The van der Waals surface area contributed by atoms with Crippen molar-refractivity contribution in [3.63, 3.8) is 0 Å². The molecule has 18 aromatic rings. The molecule has 0 saturated heterocycles. The summed E-state index contributed by atoms with van der Waals surface area (Å²) in [5.41, 5.74) is 28.2. The lowest BCUT2D eigenvalue weighted by atomic mass is 10.0. The van der Waals surface area contributed by atoms with Gasteiger partial charge in [-0.15, -0.1) is 0 Å². The van der Waals surface area contributed by atoms with Crippen LogP contribution in [0.3, 0.4) is 0 Å². The lowest BCUT2D eigenvalue weighted by Gasteiger charge is -2.26. The van der Waals surface area contributed by atoms with E-state index >= 15 is 0 Å². The van der Waals surface area contributed by atoms with Crippen LogP contribution in [-0.4, -0.2) is 9.13 Å². The van der Waals surface area contributed by atoms with Crippen molar-refractivity contribution >= 4 is 77.7 Å². The van der Waals surface area contributed by atoms with Crippen LogP contribution in [0.4, 0.5) is 34.1 Å². The summed E-state index contributed by atoms with van der Waals surface area (Å²) in [4.78, 5) is 4.68. The molecule has 0 aliphatic carbocycles. The van der Waals surface area contributed by atoms with Gasteiger partial charge < -0.3 is 18.9 Å². The molecule has 4 nitrogen and oxygen atoms in total. The predicted molar refractivity (Wildman–Crippen MR) is 424 cm³/mol. The van der Waals surface area contributed by atoms with Crippen molar-refractivity contribution < 1.29 is 0 Å². The van der Waals surface area contributed by atoms with Gasteiger partial charge in [-0.25, -0.2) is 0 Å². The third-order valence-electron chi connectivity index (χ3n) is 19.2. The first kappa shape index (κ1) is 60.4. The van der Waals surface area contributed by atoms with Crippen LogP contribution in [0.25, 0.3) is 122 Å². The minimum atomic E-state index is 1.10. The van der Waals surface area contributed by atoms with E-state index in [9.17, 15) is 0 Å².